The third kappa shape index (κ3) is 8.44. The molecule has 2 heterocycles. The SMILES string of the molecule is COc1ccc(C23CCC(CN(C(=O)C4CCC(OC(=O)NCCC(C)(C)C)CC4)c4cc(-c5cnn(C(C)C)c5)ccn4)(CC2)CC3)cc1C. The molecule has 0 spiro atoms. The number of hydrogen-bond acceptors (Lipinski definition) is 6. The van der Waals surface area contributed by atoms with Gasteiger partial charge in [-0.2, -0.15) is 5.10 Å². The van der Waals surface area contributed by atoms with Crippen molar-refractivity contribution in [2.75, 3.05) is 25.1 Å². The summed E-state index contributed by atoms with van der Waals surface area (Å²) in [6.07, 6.45) is 15.6. The summed E-state index contributed by atoms with van der Waals surface area (Å²) in [5, 5.41) is 7.48. The molecule has 2 amide bonds. The van der Waals surface area contributed by atoms with E-state index in [-0.39, 0.29) is 46.3 Å². The molecule has 2 bridgehead atoms. The minimum absolute atomic E-state index is 0.0601. The van der Waals surface area contributed by atoms with E-state index in [1.807, 2.05) is 28.0 Å². The molecule has 0 saturated heterocycles. The second-order valence-corrected chi connectivity index (χ2v) is 17.2. The first kappa shape index (κ1) is 36.9. The number of carbonyl (C=O) groups is 2. The molecule has 4 aliphatic rings. The first-order chi connectivity index (χ1) is 24.3. The molecule has 7 rings (SSSR count). The van der Waals surface area contributed by atoms with Gasteiger partial charge in [-0.3, -0.25) is 14.4 Å². The minimum atomic E-state index is -0.355. The summed E-state index contributed by atoms with van der Waals surface area (Å²) < 4.78 is 13.3. The van der Waals surface area contributed by atoms with Crippen LogP contribution >= 0.6 is 0 Å². The van der Waals surface area contributed by atoms with E-state index in [0.29, 0.717) is 44.6 Å². The molecule has 9 heteroatoms. The Labute approximate surface area is 304 Å². The Morgan fingerprint density at radius 3 is 2.31 bits per heavy atom. The van der Waals surface area contributed by atoms with Crippen LogP contribution in [0.2, 0.25) is 0 Å². The average molecular weight is 698 g/mol. The predicted octanol–water partition coefficient (Wildman–Crippen LogP) is 9.19. The van der Waals surface area contributed by atoms with Gasteiger partial charge in [0.2, 0.25) is 5.91 Å². The van der Waals surface area contributed by atoms with Gasteiger partial charge in [-0.25, -0.2) is 9.78 Å². The number of pyridine rings is 1. The number of aromatic nitrogens is 3. The highest BCUT2D eigenvalue weighted by Gasteiger charge is 2.51. The molecule has 0 unspecified atom stereocenters. The van der Waals surface area contributed by atoms with E-state index in [2.05, 4.69) is 82.4 Å². The number of ether oxygens (including phenoxy) is 2. The zero-order valence-corrected chi connectivity index (χ0v) is 32.0. The van der Waals surface area contributed by atoms with Crippen LogP contribution in [0.5, 0.6) is 5.75 Å². The maximum absolute atomic E-state index is 14.7. The summed E-state index contributed by atoms with van der Waals surface area (Å²) in [6.45, 7) is 14.1. The fraction of sp³-hybridized carbons (Fsp3) is 0.619. The molecule has 276 valence electrons. The number of hydrogen-bond donors (Lipinski definition) is 1. The van der Waals surface area contributed by atoms with Gasteiger partial charge in [-0.05, 0) is 143 Å². The molecule has 51 heavy (non-hydrogen) atoms. The van der Waals surface area contributed by atoms with E-state index in [1.54, 1.807) is 7.11 Å². The molecule has 2 aromatic heterocycles. The zero-order chi connectivity index (χ0) is 36.4. The molecule has 4 aliphatic carbocycles. The summed E-state index contributed by atoms with van der Waals surface area (Å²) in [4.78, 5) is 34.1. The number of alkyl carbamates (subject to hydrolysis) is 1. The normalized spacial score (nSPS) is 24.7. The molecule has 9 nitrogen and oxygen atoms in total. The Morgan fingerprint density at radius 2 is 1.71 bits per heavy atom. The monoisotopic (exact) mass is 697 g/mol. The van der Waals surface area contributed by atoms with E-state index in [0.717, 1.165) is 61.8 Å². The Bertz CT molecular complexity index is 1660. The number of carbonyl (C=O) groups excluding carboxylic acids is 2. The first-order valence-corrected chi connectivity index (χ1v) is 19.2. The van der Waals surface area contributed by atoms with Crippen LogP contribution in [0.25, 0.3) is 11.1 Å². The van der Waals surface area contributed by atoms with Gasteiger partial charge in [0.1, 0.15) is 17.7 Å². The van der Waals surface area contributed by atoms with Gasteiger partial charge in [-0.15, -0.1) is 0 Å². The predicted molar refractivity (Wildman–Crippen MR) is 202 cm³/mol. The highest BCUT2D eigenvalue weighted by atomic mass is 16.6. The quantitative estimate of drug-likeness (QED) is 0.215. The second-order valence-electron chi connectivity index (χ2n) is 17.2. The Morgan fingerprint density at radius 1 is 1.00 bits per heavy atom. The van der Waals surface area contributed by atoms with Crippen LogP contribution in [0, 0.1) is 23.7 Å². The van der Waals surface area contributed by atoms with E-state index >= 15 is 0 Å². The van der Waals surface area contributed by atoms with Gasteiger partial charge in [0.25, 0.3) is 0 Å². The molecular weight excluding hydrogens is 638 g/mol. The van der Waals surface area contributed by atoms with Crippen molar-refractivity contribution in [1.29, 1.82) is 0 Å². The molecule has 0 atom stereocenters. The van der Waals surface area contributed by atoms with Crippen LogP contribution in [-0.4, -0.2) is 53.1 Å². The number of anilines is 1. The van der Waals surface area contributed by atoms with Gasteiger partial charge in [0, 0.05) is 43.0 Å². The van der Waals surface area contributed by atoms with Crippen LogP contribution in [-0.2, 0) is 14.9 Å². The van der Waals surface area contributed by atoms with Crippen molar-refractivity contribution in [3.05, 3.63) is 60.0 Å². The Balaban J connectivity index is 1.18. The number of nitrogens with one attached hydrogen (secondary N) is 1. The largest absolute Gasteiger partial charge is 0.496 e. The van der Waals surface area contributed by atoms with Gasteiger partial charge in [0.15, 0.2) is 0 Å². The fourth-order valence-corrected chi connectivity index (χ4v) is 8.64. The molecule has 3 aromatic rings. The number of rotatable bonds is 11. The van der Waals surface area contributed by atoms with Gasteiger partial charge >= 0.3 is 6.09 Å². The summed E-state index contributed by atoms with van der Waals surface area (Å²) in [6, 6.07) is 11.1. The van der Waals surface area contributed by atoms with E-state index in [4.69, 9.17) is 14.5 Å². The van der Waals surface area contributed by atoms with Crippen molar-refractivity contribution in [2.24, 2.45) is 16.7 Å². The topological polar surface area (TPSA) is 98.6 Å². The van der Waals surface area contributed by atoms with Gasteiger partial charge in [-0.1, -0.05) is 32.9 Å². The fourth-order valence-electron chi connectivity index (χ4n) is 8.64. The molecular formula is C42H59N5O4. The van der Waals surface area contributed by atoms with Crippen molar-refractivity contribution < 1.29 is 19.1 Å². The summed E-state index contributed by atoms with van der Waals surface area (Å²) in [5.74, 6) is 1.67. The smallest absolute Gasteiger partial charge is 0.407 e. The number of fused-ring (bicyclic) bond motifs is 3. The van der Waals surface area contributed by atoms with Crippen LogP contribution in [0.15, 0.2) is 48.9 Å². The van der Waals surface area contributed by atoms with Crippen LogP contribution in [0.3, 0.4) is 0 Å². The van der Waals surface area contributed by atoms with E-state index in [9.17, 15) is 9.59 Å². The Kier molecular flexibility index (Phi) is 10.9. The molecule has 4 saturated carbocycles. The maximum Gasteiger partial charge on any atom is 0.407 e. The third-order valence-electron chi connectivity index (χ3n) is 12.1. The summed E-state index contributed by atoms with van der Waals surface area (Å²) in [5.41, 5.74) is 5.05. The number of amides is 2. The number of aryl methyl sites for hydroxylation is 1. The number of benzene rings is 1. The molecule has 1 N–H and O–H groups in total. The average Bonchev–Trinajstić information content (AvgIpc) is 3.62. The van der Waals surface area contributed by atoms with Crippen molar-refractivity contribution in [3.8, 4) is 16.9 Å². The van der Waals surface area contributed by atoms with Crippen molar-refractivity contribution in [3.63, 3.8) is 0 Å². The second kappa shape index (κ2) is 15.0. The minimum Gasteiger partial charge on any atom is -0.496 e. The lowest BCUT2D eigenvalue weighted by Gasteiger charge is -2.55. The van der Waals surface area contributed by atoms with E-state index < -0.39 is 0 Å². The number of methoxy groups -OCH3 is 1. The third-order valence-corrected chi connectivity index (χ3v) is 12.1. The van der Waals surface area contributed by atoms with E-state index in [1.165, 1.54) is 11.1 Å². The molecule has 1 aromatic carbocycles. The maximum atomic E-state index is 14.7. The highest BCUT2D eigenvalue weighted by Crippen LogP contribution is 2.58. The first-order valence-electron chi connectivity index (χ1n) is 19.2. The Hall–Kier alpha value is -3.88. The van der Waals surface area contributed by atoms with Gasteiger partial charge < -0.3 is 14.8 Å². The van der Waals surface area contributed by atoms with Crippen molar-refractivity contribution >= 4 is 17.8 Å². The van der Waals surface area contributed by atoms with Crippen LogP contribution in [0.4, 0.5) is 10.6 Å². The molecule has 4 fully saturated rings. The lowest BCUT2D eigenvalue weighted by molar-refractivity contribution is -0.124. The highest BCUT2D eigenvalue weighted by molar-refractivity contribution is 5.95. The van der Waals surface area contributed by atoms with Crippen molar-refractivity contribution in [2.45, 2.75) is 130 Å². The summed E-state index contributed by atoms with van der Waals surface area (Å²) in [7, 11) is 1.74. The standard InChI is InChI=1S/C42H59N5O4/c1-29(2)47-27-33(26-45-47)32-14-22-43-37(25-32)46(38(48)31-8-11-35(12-9-31)51-39(49)44-23-21-40(4,5)6)28-41-15-18-42(19-16-41,20-17-41)34-10-13-36(50-7)30(3)24-34/h10,13-14,22,24-27,29,31,35H,8-9,11-12,15-21,23,28H2,1-7H3,(H,44,49). The molecule has 0 radical (unpaired) electrons. The lowest BCUT2D eigenvalue weighted by atomic mass is 9.51. The summed E-state index contributed by atoms with van der Waals surface area (Å²) >= 11 is 0. The zero-order valence-electron chi connectivity index (χ0n) is 32.0. The van der Waals surface area contributed by atoms with Gasteiger partial charge in [0.05, 0.1) is 13.3 Å². The van der Waals surface area contributed by atoms with Crippen LogP contribution < -0.4 is 15.0 Å². The number of nitrogens with zero attached hydrogens (tertiary/aromatic N) is 4. The van der Waals surface area contributed by atoms with Crippen LogP contribution in [0.1, 0.15) is 122 Å². The molecule has 0 aliphatic heterocycles. The van der Waals surface area contributed by atoms with Crippen molar-refractivity contribution in [1.82, 2.24) is 20.1 Å². The lowest BCUT2D eigenvalue weighted by Crippen LogP contribution is -2.52.